The van der Waals surface area contributed by atoms with Crippen LogP contribution in [0.3, 0.4) is 0 Å². The summed E-state index contributed by atoms with van der Waals surface area (Å²) in [5.41, 5.74) is 3.00. The lowest BCUT2D eigenvalue weighted by Gasteiger charge is -2.21. The molecule has 0 heterocycles. The molecule has 1 saturated carbocycles. The molecule has 0 radical (unpaired) electrons. The van der Waals surface area contributed by atoms with E-state index in [4.69, 9.17) is 0 Å². The number of benzene rings is 1. The highest BCUT2D eigenvalue weighted by atomic mass is 14.9. The Bertz CT molecular complexity index is 360. The highest BCUT2D eigenvalue weighted by Gasteiger charge is 2.22. The van der Waals surface area contributed by atoms with Crippen molar-refractivity contribution in [1.82, 2.24) is 5.32 Å². The molecule has 1 nitrogen and oxygen atoms in total. The van der Waals surface area contributed by atoms with E-state index in [2.05, 4.69) is 50.4 Å². The highest BCUT2D eigenvalue weighted by molar-refractivity contribution is 5.29. The third-order valence-corrected chi connectivity index (χ3v) is 3.95. The molecule has 18 heavy (non-hydrogen) atoms. The van der Waals surface area contributed by atoms with Gasteiger partial charge >= 0.3 is 0 Å². The van der Waals surface area contributed by atoms with Crippen LogP contribution in [0.25, 0.3) is 0 Å². The molecule has 1 aliphatic carbocycles. The van der Waals surface area contributed by atoms with Crippen LogP contribution in [-0.4, -0.2) is 12.6 Å². The molecule has 100 valence electrons. The molecule has 2 rings (SSSR count). The van der Waals surface area contributed by atoms with Crippen molar-refractivity contribution in [3.63, 3.8) is 0 Å². The Hall–Kier alpha value is -0.820. The van der Waals surface area contributed by atoms with Crippen LogP contribution in [-0.2, 0) is 0 Å². The molecule has 0 aromatic heterocycles. The van der Waals surface area contributed by atoms with E-state index in [1.807, 2.05) is 0 Å². The standard InChI is InChI=1S/C17H27N/c1-13(2)8-9-15(12-18-16-10-11-16)17-7-5-4-6-14(17)3/h4-7,13,15-16,18H,8-12H2,1-3H3. The first-order valence-corrected chi connectivity index (χ1v) is 7.45. The second-order valence-electron chi connectivity index (χ2n) is 6.21. The maximum Gasteiger partial charge on any atom is 0.00684 e. The number of nitrogens with one attached hydrogen (secondary N) is 1. The summed E-state index contributed by atoms with van der Waals surface area (Å²) < 4.78 is 0. The van der Waals surface area contributed by atoms with E-state index in [9.17, 15) is 0 Å². The van der Waals surface area contributed by atoms with E-state index in [0.29, 0.717) is 5.92 Å². The third-order valence-electron chi connectivity index (χ3n) is 3.95. The Morgan fingerprint density at radius 3 is 2.50 bits per heavy atom. The monoisotopic (exact) mass is 245 g/mol. The predicted molar refractivity (Wildman–Crippen MR) is 79.0 cm³/mol. The van der Waals surface area contributed by atoms with Crippen molar-refractivity contribution >= 4 is 0 Å². The van der Waals surface area contributed by atoms with Crippen LogP contribution in [0, 0.1) is 12.8 Å². The molecule has 1 aromatic carbocycles. The summed E-state index contributed by atoms with van der Waals surface area (Å²) in [7, 11) is 0. The molecule has 1 unspecified atom stereocenters. The van der Waals surface area contributed by atoms with Gasteiger partial charge in [-0.2, -0.15) is 0 Å². The van der Waals surface area contributed by atoms with Gasteiger partial charge in [0.15, 0.2) is 0 Å². The van der Waals surface area contributed by atoms with Crippen LogP contribution >= 0.6 is 0 Å². The van der Waals surface area contributed by atoms with Crippen LogP contribution in [0.2, 0.25) is 0 Å². The number of hydrogen-bond acceptors (Lipinski definition) is 1. The first-order valence-electron chi connectivity index (χ1n) is 7.45. The second kappa shape index (κ2) is 6.38. The molecule has 1 N–H and O–H groups in total. The van der Waals surface area contributed by atoms with Crippen LogP contribution in [0.5, 0.6) is 0 Å². The average molecular weight is 245 g/mol. The minimum Gasteiger partial charge on any atom is -0.313 e. The van der Waals surface area contributed by atoms with E-state index < -0.39 is 0 Å². The number of hydrogen-bond donors (Lipinski definition) is 1. The van der Waals surface area contributed by atoms with Crippen molar-refractivity contribution in [3.8, 4) is 0 Å². The van der Waals surface area contributed by atoms with Crippen LogP contribution in [0.1, 0.15) is 56.6 Å². The maximum absolute atomic E-state index is 3.71. The third kappa shape index (κ3) is 4.13. The van der Waals surface area contributed by atoms with Gasteiger partial charge in [0.25, 0.3) is 0 Å². The van der Waals surface area contributed by atoms with E-state index in [-0.39, 0.29) is 0 Å². The Labute approximate surface area is 112 Å². The van der Waals surface area contributed by atoms with Gasteiger partial charge in [0.05, 0.1) is 0 Å². The topological polar surface area (TPSA) is 12.0 Å². The highest BCUT2D eigenvalue weighted by Crippen LogP contribution is 2.27. The minimum atomic E-state index is 0.689. The number of aryl methyl sites for hydroxylation is 1. The van der Waals surface area contributed by atoms with Gasteiger partial charge < -0.3 is 5.32 Å². The number of rotatable bonds is 7. The Morgan fingerprint density at radius 1 is 1.17 bits per heavy atom. The Balaban J connectivity index is 1.99. The lowest BCUT2D eigenvalue weighted by atomic mass is 9.88. The van der Waals surface area contributed by atoms with Gasteiger partial charge in [-0.25, -0.2) is 0 Å². The van der Waals surface area contributed by atoms with Gasteiger partial charge in [0.2, 0.25) is 0 Å². The zero-order valence-corrected chi connectivity index (χ0v) is 12.1. The zero-order chi connectivity index (χ0) is 13.0. The quantitative estimate of drug-likeness (QED) is 0.756. The maximum atomic E-state index is 3.71. The second-order valence-corrected chi connectivity index (χ2v) is 6.21. The summed E-state index contributed by atoms with van der Waals surface area (Å²) >= 11 is 0. The van der Waals surface area contributed by atoms with E-state index in [1.54, 1.807) is 5.56 Å². The molecule has 1 fully saturated rings. The first-order chi connectivity index (χ1) is 8.66. The van der Waals surface area contributed by atoms with Crippen molar-refractivity contribution in [3.05, 3.63) is 35.4 Å². The van der Waals surface area contributed by atoms with Crippen molar-refractivity contribution in [1.29, 1.82) is 0 Å². The van der Waals surface area contributed by atoms with E-state index in [1.165, 1.54) is 31.2 Å². The summed E-state index contributed by atoms with van der Waals surface area (Å²) in [6.07, 6.45) is 5.39. The van der Waals surface area contributed by atoms with Gasteiger partial charge in [-0.05, 0) is 49.1 Å². The summed E-state index contributed by atoms with van der Waals surface area (Å²) in [4.78, 5) is 0. The van der Waals surface area contributed by atoms with Gasteiger partial charge in [0, 0.05) is 12.6 Å². The molecule has 1 aliphatic rings. The summed E-state index contributed by atoms with van der Waals surface area (Å²) in [5.74, 6) is 1.49. The van der Waals surface area contributed by atoms with Gasteiger partial charge in [-0.1, -0.05) is 44.5 Å². The van der Waals surface area contributed by atoms with E-state index in [0.717, 1.165) is 18.5 Å². The van der Waals surface area contributed by atoms with Gasteiger partial charge in [0.1, 0.15) is 0 Å². The lowest BCUT2D eigenvalue weighted by Crippen LogP contribution is -2.24. The molecule has 0 bridgehead atoms. The SMILES string of the molecule is Cc1ccccc1C(CCC(C)C)CNC1CC1. The molecular formula is C17H27N. The lowest BCUT2D eigenvalue weighted by molar-refractivity contribution is 0.474. The Kier molecular flexibility index (Phi) is 4.82. The molecule has 1 heteroatoms. The van der Waals surface area contributed by atoms with Crippen molar-refractivity contribution in [2.24, 2.45) is 5.92 Å². The molecule has 0 saturated heterocycles. The molecule has 0 amide bonds. The summed E-state index contributed by atoms with van der Waals surface area (Å²) in [6, 6.07) is 9.70. The molecular weight excluding hydrogens is 218 g/mol. The van der Waals surface area contributed by atoms with Crippen molar-refractivity contribution in [2.75, 3.05) is 6.54 Å². The van der Waals surface area contributed by atoms with Crippen LogP contribution in [0.15, 0.2) is 24.3 Å². The first kappa shape index (κ1) is 13.6. The normalized spacial score (nSPS) is 17.1. The van der Waals surface area contributed by atoms with Crippen LogP contribution in [0.4, 0.5) is 0 Å². The average Bonchev–Trinajstić information content (AvgIpc) is 3.14. The smallest absolute Gasteiger partial charge is 0.00684 e. The van der Waals surface area contributed by atoms with Gasteiger partial charge in [-0.15, -0.1) is 0 Å². The van der Waals surface area contributed by atoms with Crippen molar-refractivity contribution < 1.29 is 0 Å². The largest absolute Gasteiger partial charge is 0.313 e. The van der Waals surface area contributed by atoms with Gasteiger partial charge in [-0.3, -0.25) is 0 Å². The molecule has 1 atom stereocenters. The summed E-state index contributed by atoms with van der Waals surface area (Å²) in [6.45, 7) is 8.05. The minimum absolute atomic E-state index is 0.689. The summed E-state index contributed by atoms with van der Waals surface area (Å²) in [5, 5.41) is 3.71. The fraction of sp³-hybridized carbons (Fsp3) is 0.647. The van der Waals surface area contributed by atoms with E-state index >= 15 is 0 Å². The molecule has 0 spiro atoms. The fourth-order valence-corrected chi connectivity index (χ4v) is 2.54. The Morgan fingerprint density at radius 2 is 1.89 bits per heavy atom. The molecule has 1 aromatic rings. The zero-order valence-electron chi connectivity index (χ0n) is 12.1. The fourth-order valence-electron chi connectivity index (χ4n) is 2.54. The predicted octanol–water partition coefficient (Wildman–Crippen LogP) is 4.27. The molecule has 0 aliphatic heterocycles. The van der Waals surface area contributed by atoms with Crippen molar-refractivity contribution in [2.45, 2.75) is 58.4 Å². The van der Waals surface area contributed by atoms with Crippen LogP contribution < -0.4 is 5.32 Å².